The number of hydrogen-bond donors (Lipinski definition) is 14. The molecule has 1 saturated carbocycles. The molecule has 0 radical (unpaired) electrons. The van der Waals surface area contributed by atoms with Crippen LogP contribution in [0.1, 0.15) is 12.8 Å². The summed E-state index contributed by atoms with van der Waals surface area (Å²) < 4.78 is 23.2. The van der Waals surface area contributed by atoms with Crippen molar-refractivity contribution in [2.45, 2.75) is 111 Å². The minimum atomic E-state index is -1.69. The SMILES string of the molecule is NCCCNC[C@H]1O[C@H](OC2[C@@H](N)C[C@@H](NCC(O)CN)[C@H](O[C@H]3O[C@H](CO)[C@@H](O)[C@H](N)[C@H]3O)[C@H]2O)[C@H](O)[C@@H](O)[C@@H]1O. The Kier molecular flexibility index (Phi) is 14.1. The van der Waals surface area contributed by atoms with Gasteiger partial charge in [-0.25, -0.2) is 0 Å². The van der Waals surface area contributed by atoms with Gasteiger partial charge in [-0.1, -0.05) is 0 Å². The van der Waals surface area contributed by atoms with E-state index >= 15 is 0 Å². The van der Waals surface area contributed by atoms with Gasteiger partial charge in [-0.3, -0.25) is 0 Å². The van der Waals surface area contributed by atoms with Gasteiger partial charge in [0, 0.05) is 31.7 Å². The van der Waals surface area contributed by atoms with Gasteiger partial charge in [-0.05, 0) is 25.9 Å². The second kappa shape index (κ2) is 16.5. The second-order valence-corrected chi connectivity index (χ2v) is 11.1. The third kappa shape index (κ3) is 8.50. The molecule has 0 aromatic heterocycles. The molecule has 0 aromatic carbocycles. The summed E-state index contributed by atoms with van der Waals surface area (Å²) in [5.41, 5.74) is 23.3. The van der Waals surface area contributed by atoms with E-state index in [9.17, 15) is 40.9 Å². The Balaban J connectivity index is 1.78. The molecule has 248 valence electrons. The van der Waals surface area contributed by atoms with Gasteiger partial charge in [0.05, 0.1) is 18.8 Å². The topological polar surface area (TPSA) is 327 Å². The Bertz CT molecular complexity index is 794. The highest BCUT2D eigenvalue weighted by Gasteiger charge is 2.52. The molecule has 2 aliphatic heterocycles. The Hall–Kier alpha value is -0.720. The molecule has 2 heterocycles. The average Bonchev–Trinajstić information content (AvgIpc) is 2.98. The van der Waals surface area contributed by atoms with Crippen molar-refractivity contribution in [3.05, 3.63) is 0 Å². The minimum absolute atomic E-state index is 0.00489. The molecule has 18 nitrogen and oxygen atoms in total. The number of aliphatic hydroxyl groups is 8. The smallest absolute Gasteiger partial charge is 0.187 e. The molecule has 3 fully saturated rings. The number of aliphatic hydroxyl groups excluding tert-OH is 8. The molecule has 1 aliphatic carbocycles. The lowest BCUT2D eigenvalue weighted by molar-refractivity contribution is -0.333. The summed E-state index contributed by atoms with van der Waals surface area (Å²) in [5.74, 6) is 0. The Morgan fingerprint density at radius 3 is 2.10 bits per heavy atom. The quantitative estimate of drug-likeness (QED) is 0.0807. The predicted octanol–water partition coefficient (Wildman–Crippen LogP) is -8.36. The highest BCUT2D eigenvalue weighted by molar-refractivity contribution is 5.02. The van der Waals surface area contributed by atoms with Crippen LogP contribution in [-0.2, 0) is 18.9 Å². The predicted molar refractivity (Wildman–Crippen MR) is 144 cm³/mol. The molecule has 0 spiro atoms. The summed E-state index contributed by atoms with van der Waals surface area (Å²) in [6.45, 7) is 0.424. The van der Waals surface area contributed by atoms with Crippen LogP contribution in [-0.4, -0.2) is 178 Å². The third-order valence-electron chi connectivity index (χ3n) is 8.00. The molecule has 16 atom stereocenters. The van der Waals surface area contributed by atoms with Crippen molar-refractivity contribution in [3.8, 4) is 0 Å². The first-order chi connectivity index (χ1) is 19.9. The fourth-order valence-electron chi connectivity index (χ4n) is 5.37. The maximum absolute atomic E-state index is 11.5. The normalized spacial score (nSPS) is 45.6. The Morgan fingerprint density at radius 1 is 0.810 bits per heavy atom. The molecule has 2 saturated heterocycles. The zero-order chi connectivity index (χ0) is 31.1. The van der Waals surface area contributed by atoms with Gasteiger partial charge in [0.15, 0.2) is 12.6 Å². The van der Waals surface area contributed by atoms with E-state index < -0.39 is 104 Å². The monoisotopic (exact) mass is 614 g/mol. The van der Waals surface area contributed by atoms with Crippen LogP contribution in [0.4, 0.5) is 0 Å². The van der Waals surface area contributed by atoms with Gasteiger partial charge in [-0.15, -0.1) is 0 Å². The van der Waals surface area contributed by atoms with E-state index in [-0.39, 0.29) is 26.1 Å². The van der Waals surface area contributed by atoms with Crippen molar-refractivity contribution in [2.24, 2.45) is 22.9 Å². The largest absolute Gasteiger partial charge is 0.394 e. The van der Waals surface area contributed by atoms with E-state index in [0.717, 1.165) is 0 Å². The summed E-state index contributed by atoms with van der Waals surface area (Å²) >= 11 is 0. The number of ether oxygens (including phenoxy) is 4. The molecule has 2 unspecified atom stereocenters. The van der Waals surface area contributed by atoms with E-state index in [2.05, 4.69) is 10.6 Å². The first kappa shape index (κ1) is 35.8. The highest BCUT2D eigenvalue weighted by Crippen LogP contribution is 2.32. The van der Waals surface area contributed by atoms with Crippen LogP contribution >= 0.6 is 0 Å². The van der Waals surface area contributed by atoms with Gasteiger partial charge in [0.1, 0.15) is 61.0 Å². The highest BCUT2D eigenvalue weighted by atomic mass is 16.7. The Morgan fingerprint density at radius 2 is 1.45 bits per heavy atom. The van der Waals surface area contributed by atoms with Crippen molar-refractivity contribution in [3.63, 3.8) is 0 Å². The lowest BCUT2D eigenvalue weighted by Gasteiger charge is -2.49. The fraction of sp³-hybridized carbons (Fsp3) is 1.00. The van der Waals surface area contributed by atoms with Crippen molar-refractivity contribution in [1.82, 2.24) is 10.6 Å². The summed E-state index contributed by atoms with van der Waals surface area (Å²) in [6, 6.07) is -2.87. The van der Waals surface area contributed by atoms with Crippen molar-refractivity contribution in [1.29, 1.82) is 0 Å². The maximum atomic E-state index is 11.5. The van der Waals surface area contributed by atoms with Gasteiger partial charge >= 0.3 is 0 Å². The van der Waals surface area contributed by atoms with Crippen LogP contribution in [0, 0.1) is 0 Å². The molecule has 42 heavy (non-hydrogen) atoms. The lowest BCUT2D eigenvalue weighted by atomic mass is 9.83. The molecule has 0 aromatic rings. The first-order valence-corrected chi connectivity index (χ1v) is 14.3. The molecule has 3 rings (SSSR count). The minimum Gasteiger partial charge on any atom is -0.394 e. The molecule has 0 bridgehead atoms. The molecule has 0 amide bonds. The van der Waals surface area contributed by atoms with Gasteiger partial charge in [-0.2, -0.15) is 0 Å². The van der Waals surface area contributed by atoms with E-state index in [0.29, 0.717) is 19.5 Å². The number of rotatable bonds is 14. The van der Waals surface area contributed by atoms with E-state index in [4.69, 9.17) is 41.9 Å². The summed E-state index contributed by atoms with van der Waals surface area (Å²) in [4.78, 5) is 0. The van der Waals surface area contributed by atoms with Crippen LogP contribution in [0.3, 0.4) is 0 Å². The molecular weight excluding hydrogens is 564 g/mol. The van der Waals surface area contributed by atoms with Gasteiger partial charge in [0.2, 0.25) is 0 Å². The molecule has 18 N–H and O–H groups in total. The number of nitrogens with one attached hydrogen (secondary N) is 2. The zero-order valence-electron chi connectivity index (χ0n) is 23.4. The maximum Gasteiger partial charge on any atom is 0.187 e. The number of hydrogen-bond acceptors (Lipinski definition) is 18. The first-order valence-electron chi connectivity index (χ1n) is 14.3. The van der Waals surface area contributed by atoms with Crippen LogP contribution in [0.5, 0.6) is 0 Å². The van der Waals surface area contributed by atoms with E-state index in [1.807, 2.05) is 0 Å². The summed E-state index contributed by atoms with van der Waals surface area (Å²) in [7, 11) is 0. The average molecular weight is 615 g/mol. The standard InChI is InChI=1S/C24H50N6O12/c25-2-1-3-29-7-12-16(34)18(36)19(37)24(39-12)41-21-10(27)4-11(30-6-9(32)5-26)22(20(21)38)42-23-17(35)14(28)15(33)13(8-31)40-23/h9-24,29-38H,1-8,25-28H2/t9?,10-,11+,12+,13+,14-,15+,16+,17+,18-,19+,20-,21?,22-,23+,24+/m0/s1. The van der Waals surface area contributed by atoms with Crippen LogP contribution in [0.25, 0.3) is 0 Å². The third-order valence-corrected chi connectivity index (χ3v) is 8.00. The second-order valence-electron chi connectivity index (χ2n) is 11.1. The summed E-state index contributed by atoms with van der Waals surface area (Å²) in [6.07, 6.45) is -17.1. The van der Waals surface area contributed by atoms with Crippen LogP contribution in [0.2, 0.25) is 0 Å². The van der Waals surface area contributed by atoms with Crippen molar-refractivity contribution < 1.29 is 59.8 Å². The number of nitrogens with two attached hydrogens (primary N) is 4. The molecule has 18 heteroatoms. The molecule has 3 aliphatic rings. The van der Waals surface area contributed by atoms with Crippen molar-refractivity contribution in [2.75, 3.05) is 39.3 Å². The van der Waals surface area contributed by atoms with Crippen LogP contribution < -0.4 is 33.6 Å². The van der Waals surface area contributed by atoms with Crippen molar-refractivity contribution >= 4 is 0 Å². The molecular formula is C24H50N6O12. The van der Waals surface area contributed by atoms with E-state index in [1.54, 1.807) is 0 Å². The van der Waals surface area contributed by atoms with Gasteiger partial charge in [0.25, 0.3) is 0 Å². The Labute approximate surface area is 243 Å². The van der Waals surface area contributed by atoms with Crippen LogP contribution in [0.15, 0.2) is 0 Å². The zero-order valence-corrected chi connectivity index (χ0v) is 23.4. The van der Waals surface area contributed by atoms with E-state index in [1.165, 1.54) is 0 Å². The van der Waals surface area contributed by atoms with Gasteiger partial charge < -0.3 is 93.4 Å². The lowest BCUT2D eigenvalue weighted by Crippen LogP contribution is -2.69. The summed E-state index contributed by atoms with van der Waals surface area (Å²) in [5, 5.41) is 89.4. The fourth-order valence-corrected chi connectivity index (χ4v) is 5.37.